The molecule has 35 heavy (non-hydrogen) atoms. The van der Waals surface area contributed by atoms with E-state index in [1.807, 2.05) is 25.1 Å². The van der Waals surface area contributed by atoms with Gasteiger partial charge in [-0.1, -0.05) is 12.1 Å². The van der Waals surface area contributed by atoms with Crippen molar-refractivity contribution in [2.24, 2.45) is 5.41 Å². The summed E-state index contributed by atoms with van der Waals surface area (Å²) in [5, 5.41) is 9.98. The maximum Gasteiger partial charge on any atom is 0.416 e. The molecule has 0 N–H and O–H groups in total. The van der Waals surface area contributed by atoms with Crippen molar-refractivity contribution in [3.63, 3.8) is 0 Å². The highest BCUT2D eigenvalue weighted by atomic mass is 19.4. The molecule has 1 saturated heterocycles. The third-order valence-electron chi connectivity index (χ3n) is 6.39. The van der Waals surface area contributed by atoms with Crippen LogP contribution in [-0.2, 0) is 12.6 Å². The van der Waals surface area contributed by atoms with Crippen molar-refractivity contribution < 1.29 is 17.6 Å². The van der Waals surface area contributed by atoms with Crippen LogP contribution in [0.5, 0.6) is 0 Å². The molecule has 180 valence electrons. The summed E-state index contributed by atoms with van der Waals surface area (Å²) in [6, 6.07) is 10.5. The van der Waals surface area contributed by atoms with Crippen molar-refractivity contribution in [2.75, 3.05) is 13.1 Å². The number of pyridine rings is 1. The van der Waals surface area contributed by atoms with E-state index in [1.54, 1.807) is 18.5 Å². The van der Waals surface area contributed by atoms with E-state index in [2.05, 4.69) is 25.9 Å². The molecular formula is C26H23F4N5. The van der Waals surface area contributed by atoms with Crippen LogP contribution in [0.3, 0.4) is 0 Å². The number of nitrogens with zero attached hydrogens (tertiary/aromatic N) is 5. The monoisotopic (exact) mass is 481 g/mol. The van der Waals surface area contributed by atoms with Crippen molar-refractivity contribution in [3.05, 3.63) is 83.7 Å². The molecule has 3 aromatic rings. The van der Waals surface area contributed by atoms with Crippen molar-refractivity contribution in [2.45, 2.75) is 32.4 Å². The molecule has 0 spiro atoms. The minimum absolute atomic E-state index is 0.0570. The van der Waals surface area contributed by atoms with Crippen LogP contribution in [0.1, 0.15) is 36.5 Å². The van der Waals surface area contributed by atoms with Crippen LogP contribution in [0.2, 0.25) is 0 Å². The van der Waals surface area contributed by atoms with Crippen molar-refractivity contribution in [1.29, 1.82) is 5.26 Å². The number of hydrogen-bond acceptors (Lipinski definition) is 5. The lowest BCUT2D eigenvalue weighted by Gasteiger charge is -2.40. The summed E-state index contributed by atoms with van der Waals surface area (Å²) in [7, 11) is 0. The molecule has 9 heteroatoms. The molecule has 2 aromatic heterocycles. The normalized spacial score (nSPS) is 16.1. The van der Waals surface area contributed by atoms with Crippen LogP contribution in [0.25, 0.3) is 17.1 Å². The Morgan fingerprint density at radius 3 is 2.54 bits per heavy atom. The number of rotatable bonds is 5. The van der Waals surface area contributed by atoms with Gasteiger partial charge in [-0.15, -0.1) is 0 Å². The second kappa shape index (κ2) is 9.82. The first-order chi connectivity index (χ1) is 16.8. The summed E-state index contributed by atoms with van der Waals surface area (Å²) in [5.74, 6) is -0.949. The predicted molar refractivity (Wildman–Crippen MR) is 123 cm³/mol. The number of aromatic nitrogens is 3. The van der Waals surface area contributed by atoms with E-state index in [1.165, 1.54) is 6.33 Å². The minimum atomic E-state index is -4.69. The number of piperidine rings is 1. The Morgan fingerprint density at radius 2 is 1.91 bits per heavy atom. The van der Waals surface area contributed by atoms with E-state index < -0.39 is 23.0 Å². The highest BCUT2D eigenvalue weighted by Crippen LogP contribution is 2.41. The zero-order valence-electron chi connectivity index (χ0n) is 19.1. The quantitative estimate of drug-likeness (QED) is 0.424. The van der Waals surface area contributed by atoms with E-state index in [0.717, 1.165) is 23.4 Å². The van der Waals surface area contributed by atoms with Crippen LogP contribution in [0, 0.1) is 22.6 Å². The summed E-state index contributed by atoms with van der Waals surface area (Å²) in [4.78, 5) is 14.9. The zero-order chi connectivity index (χ0) is 25.1. The van der Waals surface area contributed by atoms with E-state index in [9.17, 15) is 22.8 Å². The highest BCUT2D eigenvalue weighted by Gasteiger charge is 2.40. The Labute approximate surface area is 200 Å². The molecule has 0 radical (unpaired) electrons. The molecule has 0 amide bonds. The second-order valence-corrected chi connectivity index (χ2v) is 8.52. The number of hydrogen-bond donors (Lipinski definition) is 0. The van der Waals surface area contributed by atoms with Gasteiger partial charge in [0.1, 0.15) is 12.1 Å². The van der Waals surface area contributed by atoms with Crippen LogP contribution in [0.15, 0.2) is 61.2 Å². The van der Waals surface area contributed by atoms with Gasteiger partial charge in [-0.05, 0) is 62.1 Å². The van der Waals surface area contributed by atoms with Gasteiger partial charge in [0, 0.05) is 36.7 Å². The van der Waals surface area contributed by atoms with Gasteiger partial charge in [-0.2, -0.15) is 18.4 Å². The molecule has 0 bridgehead atoms. The number of allylic oxidation sites excluding steroid dienone is 1. The molecule has 0 atom stereocenters. The lowest BCUT2D eigenvalue weighted by atomic mass is 9.74. The number of nitriles is 1. The molecule has 1 aliphatic rings. The fraction of sp³-hybridized carbons (Fsp3) is 0.308. The molecule has 0 saturated carbocycles. The smallest absolute Gasteiger partial charge is 0.371 e. The maximum absolute atomic E-state index is 13.5. The SMILES string of the molecule is C/C=C(/c1cccnc1-c1ccncn1)N1CCC(C#N)(Cc2ccc(F)cc2C(F)(F)F)CC1. The number of benzene rings is 1. The van der Waals surface area contributed by atoms with Crippen LogP contribution in [0.4, 0.5) is 17.6 Å². The van der Waals surface area contributed by atoms with Crippen LogP contribution >= 0.6 is 0 Å². The third-order valence-corrected chi connectivity index (χ3v) is 6.39. The fourth-order valence-electron chi connectivity index (χ4n) is 4.59. The van der Waals surface area contributed by atoms with Gasteiger partial charge in [0.05, 0.1) is 28.4 Å². The van der Waals surface area contributed by atoms with E-state index in [0.29, 0.717) is 43.4 Å². The van der Waals surface area contributed by atoms with Crippen molar-refractivity contribution >= 4 is 5.70 Å². The lowest BCUT2D eigenvalue weighted by molar-refractivity contribution is -0.138. The molecule has 4 rings (SSSR count). The largest absolute Gasteiger partial charge is 0.416 e. The topological polar surface area (TPSA) is 65.7 Å². The first-order valence-corrected chi connectivity index (χ1v) is 11.2. The number of likely N-dealkylation sites (tertiary alicyclic amines) is 1. The Bertz CT molecular complexity index is 1260. The van der Waals surface area contributed by atoms with Crippen LogP contribution in [-0.4, -0.2) is 32.9 Å². The summed E-state index contributed by atoms with van der Waals surface area (Å²) in [5.41, 5.74) is 1.10. The van der Waals surface area contributed by atoms with Gasteiger partial charge in [-0.25, -0.2) is 14.4 Å². The molecule has 0 unspecified atom stereocenters. The van der Waals surface area contributed by atoms with Gasteiger partial charge in [0.15, 0.2) is 0 Å². The first kappa shape index (κ1) is 24.3. The second-order valence-electron chi connectivity index (χ2n) is 8.52. The molecule has 5 nitrogen and oxygen atoms in total. The molecule has 3 heterocycles. The Balaban J connectivity index is 1.57. The molecule has 1 aromatic carbocycles. The average Bonchev–Trinajstić information content (AvgIpc) is 2.87. The maximum atomic E-state index is 13.5. The first-order valence-electron chi connectivity index (χ1n) is 11.2. The highest BCUT2D eigenvalue weighted by molar-refractivity contribution is 5.76. The van der Waals surface area contributed by atoms with Gasteiger partial charge in [0.2, 0.25) is 0 Å². The Kier molecular flexibility index (Phi) is 6.83. The average molecular weight is 481 g/mol. The van der Waals surface area contributed by atoms with Gasteiger partial charge in [0.25, 0.3) is 0 Å². The third kappa shape index (κ3) is 5.16. The summed E-state index contributed by atoms with van der Waals surface area (Å²) < 4.78 is 54.1. The van der Waals surface area contributed by atoms with Crippen LogP contribution < -0.4 is 0 Å². The Morgan fingerprint density at radius 1 is 1.14 bits per heavy atom. The molecule has 0 aliphatic carbocycles. The van der Waals surface area contributed by atoms with Crippen molar-refractivity contribution in [1.82, 2.24) is 19.9 Å². The van der Waals surface area contributed by atoms with Gasteiger partial charge in [-0.3, -0.25) is 4.98 Å². The van der Waals surface area contributed by atoms with E-state index in [4.69, 9.17) is 0 Å². The fourth-order valence-corrected chi connectivity index (χ4v) is 4.59. The number of alkyl halides is 3. The lowest BCUT2D eigenvalue weighted by Crippen LogP contribution is -2.40. The molecule has 1 aliphatic heterocycles. The molecule has 1 fully saturated rings. The molecular weight excluding hydrogens is 458 g/mol. The predicted octanol–water partition coefficient (Wildman–Crippen LogP) is 5.91. The van der Waals surface area contributed by atoms with Gasteiger partial charge >= 0.3 is 6.18 Å². The van der Waals surface area contributed by atoms with Crippen molar-refractivity contribution in [3.8, 4) is 17.5 Å². The van der Waals surface area contributed by atoms with E-state index in [-0.39, 0.29) is 12.0 Å². The van der Waals surface area contributed by atoms with Gasteiger partial charge < -0.3 is 4.90 Å². The summed E-state index contributed by atoms with van der Waals surface area (Å²) in [6.45, 7) is 2.87. The van der Waals surface area contributed by atoms with E-state index >= 15 is 0 Å². The number of halogens is 4. The zero-order valence-corrected chi connectivity index (χ0v) is 19.1. The summed E-state index contributed by atoms with van der Waals surface area (Å²) >= 11 is 0. The standard InChI is InChI=1S/C26H23F4N5/c1-2-23(20-4-3-10-33-24(20)22-7-11-32-17-34-22)35-12-8-25(16-31,9-13-35)15-18-5-6-19(27)14-21(18)26(28,29)30/h2-7,10-11,14,17H,8-9,12-13,15H2,1H3/b23-2-. The minimum Gasteiger partial charge on any atom is -0.371 e. The summed E-state index contributed by atoms with van der Waals surface area (Å²) in [6.07, 6.45) is 2.71. The Hall–Kier alpha value is -3.80.